The molecule has 0 heterocycles. The highest BCUT2D eigenvalue weighted by Gasteiger charge is 2.30. The van der Waals surface area contributed by atoms with Gasteiger partial charge in [0.05, 0.1) is 0 Å². The average Bonchev–Trinajstić information content (AvgIpc) is 2.02. The Morgan fingerprint density at radius 2 is 1.85 bits per heavy atom. The lowest BCUT2D eigenvalue weighted by atomic mass is 9.74. The molecule has 0 spiro atoms. The number of carbonyl (C=O) groups excluding carboxylic acids is 1. The fraction of sp³-hybridized carbons (Fsp3) is 0.417. The van der Waals surface area contributed by atoms with Crippen LogP contribution in [0, 0.1) is 5.41 Å². The van der Waals surface area contributed by atoms with Gasteiger partial charge in [0, 0.05) is 12.0 Å². The van der Waals surface area contributed by atoms with E-state index in [2.05, 4.69) is 19.9 Å². The Morgan fingerprint density at radius 3 is 2.62 bits per heavy atom. The van der Waals surface area contributed by atoms with Crippen LogP contribution in [0.2, 0.25) is 0 Å². The van der Waals surface area contributed by atoms with Gasteiger partial charge in [-0.1, -0.05) is 38.1 Å². The maximum Gasteiger partial charge on any atom is 0.163 e. The fourth-order valence-corrected chi connectivity index (χ4v) is 2.05. The van der Waals surface area contributed by atoms with E-state index >= 15 is 0 Å². The van der Waals surface area contributed by atoms with E-state index in [9.17, 15) is 4.79 Å². The van der Waals surface area contributed by atoms with Gasteiger partial charge < -0.3 is 0 Å². The molecule has 2 rings (SSSR count). The first-order chi connectivity index (χ1) is 6.08. The van der Waals surface area contributed by atoms with E-state index in [1.54, 1.807) is 0 Å². The Hall–Kier alpha value is -1.11. The van der Waals surface area contributed by atoms with Crippen LogP contribution in [0.4, 0.5) is 0 Å². The average molecular weight is 174 g/mol. The second-order valence-corrected chi connectivity index (χ2v) is 4.60. The molecule has 1 aliphatic rings. The molecule has 0 amide bonds. The van der Waals surface area contributed by atoms with Crippen LogP contribution < -0.4 is 0 Å². The van der Waals surface area contributed by atoms with Crippen molar-refractivity contribution < 1.29 is 4.79 Å². The van der Waals surface area contributed by atoms with Gasteiger partial charge in [-0.15, -0.1) is 0 Å². The van der Waals surface area contributed by atoms with Crippen LogP contribution >= 0.6 is 0 Å². The summed E-state index contributed by atoms with van der Waals surface area (Å²) in [5, 5.41) is 0. The van der Waals surface area contributed by atoms with Crippen molar-refractivity contribution >= 4 is 5.78 Å². The Balaban J connectivity index is 2.49. The summed E-state index contributed by atoms with van der Waals surface area (Å²) in [6.07, 6.45) is 1.71. The van der Waals surface area contributed by atoms with Gasteiger partial charge >= 0.3 is 0 Å². The van der Waals surface area contributed by atoms with Crippen molar-refractivity contribution in [2.45, 2.75) is 26.7 Å². The highest BCUT2D eigenvalue weighted by Crippen LogP contribution is 2.34. The molecule has 0 fully saturated rings. The maximum atomic E-state index is 11.7. The summed E-state index contributed by atoms with van der Waals surface area (Å²) in [4.78, 5) is 11.7. The van der Waals surface area contributed by atoms with Gasteiger partial charge in [-0.3, -0.25) is 4.79 Å². The van der Waals surface area contributed by atoms with Crippen LogP contribution in [0.25, 0.3) is 0 Å². The number of carbonyl (C=O) groups is 1. The van der Waals surface area contributed by atoms with Crippen LogP contribution in [-0.4, -0.2) is 5.78 Å². The van der Waals surface area contributed by atoms with Crippen LogP contribution in [0.5, 0.6) is 0 Å². The van der Waals surface area contributed by atoms with Crippen molar-refractivity contribution in [3.05, 3.63) is 35.4 Å². The Labute approximate surface area is 78.8 Å². The molecule has 0 N–H and O–H groups in total. The summed E-state index contributed by atoms with van der Waals surface area (Å²) in [6, 6.07) is 7.95. The first-order valence-electron chi connectivity index (χ1n) is 4.70. The SMILES string of the molecule is CC1(C)CC(=O)c2ccccc2C1. The van der Waals surface area contributed by atoms with Crippen LogP contribution in [0.15, 0.2) is 24.3 Å². The van der Waals surface area contributed by atoms with Crippen molar-refractivity contribution in [3.8, 4) is 0 Å². The smallest absolute Gasteiger partial charge is 0.163 e. The minimum absolute atomic E-state index is 0.144. The molecule has 0 unspecified atom stereocenters. The van der Waals surface area contributed by atoms with Gasteiger partial charge in [-0.2, -0.15) is 0 Å². The molecule has 0 saturated heterocycles. The summed E-state index contributed by atoms with van der Waals surface area (Å²) < 4.78 is 0. The highest BCUT2D eigenvalue weighted by molar-refractivity contribution is 5.98. The maximum absolute atomic E-state index is 11.7. The topological polar surface area (TPSA) is 17.1 Å². The molecule has 0 aliphatic heterocycles. The number of rotatable bonds is 0. The van der Waals surface area contributed by atoms with Crippen molar-refractivity contribution in [3.63, 3.8) is 0 Å². The number of hydrogen-bond donors (Lipinski definition) is 0. The first kappa shape index (κ1) is 8.49. The Bertz CT molecular complexity index is 350. The number of benzene rings is 1. The minimum atomic E-state index is 0.144. The largest absolute Gasteiger partial charge is 0.294 e. The molecule has 1 nitrogen and oxygen atoms in total. The summed E-state index contributed by atoms with van der Waals surface area (Å²) in [7, 11) is 0. The normalized spacial score (nSPS) is 19.7. The lowest BCUT2D eigenvalue weighted by Crippen LogP contribution is -2.26. The molecule has 0 bridgehead atoms. The lowest BCUT2D eigenvalue weighted by Gasteiger charge is -2.29. The molecule has 1 aromatic carbocycles. The van der Waals surface area contributed by atoms with Crippen molar-refractivity contribution in [2.24, 2.45) is 5.41 Å². The third-order valence-corrected chi connectivity index (χ3v) is 2.63. The van der Waals surface area contributed by atoms with Crippen molar-refractivity contribution in [1.29, 1.82) is 0 Å². The zero-order valence-corrected chi connectivity index (χ0v) is 8.13. The van der Waals surface area contributed by atoms with Crippen molar-refractivity contribution in [2.75, 3.05) is 0 Å². The summed E-state index contributed by atoms with van der Waals surface area (Å²) in [6.45, 7) is 4.31. The van der Waals surface area contributed by atoms with Gasteiger partial charge in [0.2, 0.25) is 0 Å². The molecule has 0 atom stereocenters. The quantitative estimate of drug-likeness (QED) is 0.591. The van der Waals surface area contributed by atoms with Gasteiger partial charge in [0.25, 0.3) is 0 Å². The van der Waals surface area contributed by atoms with E-state index in [0.717, 1.165) is 12.0 Å². The Kier molecular flexibility index (Phi) is 1.76. The molecule has 0 radical (unpaired) electrons. The van der Waals surface area contributed by atoms with Crippen LogP contribution in [0.1, 0.15) is 36.2 Å². The van der Waals surface area contributed by atoms with E-state index in [1.165, 1.54) is 5.56 Å². The zero-order valence-electron chi connectivity index (χ0n) is 8.13. The molecule has 13 heavy (non-hydrogen) atoms. The van der Waals surface area contributed by atoms with Crippen molar-refractivity contribution in [1.82, 2.24) is 0 Å². The standard InChI is InChI=1S/C12H14O/c1-12(2)7-9-5-3-4-6-10(9)11(13)8-12/h3-6H,7-8H2,1-2H3. The molecule has 1 aromatic rings. The molecule has 68 valence electrons. The fourth-order valence-electron chi connectivity index (χ4n) is 2.05. The third kappa shape index (κ3) is 1.51. The van der Waals surface area contributed by atoms with E-state index in [-0.39, 0.29) is 5.41 Å². The van der Waals surface area contributed by atoms with Crippen LogP contribution in [0.3, 0.4) is 0 Å². The minimum Gasteiger partial charge on any atom is -0.294 e. The number of ketones is 1. The van der Waals surface area contributed by atoms with E-state index in [0.29, 0.717) is 12.2 Å². The zero-order chi connectivity index (χ0) is 9.47. The van der Waals surface area contributed by atoms with Gasteiger partial charge in [-0.25, -0.2) is 0 Å². The summed E-state index contributed by atoms with van der Waals surface area (Å²) in [5.41, 5.74) is 2.29. The predicted octanol–water partition coefficient (Wildman–Crippen LogP) is 2.84. The van der Waals surface area contributed by atoms with Gasteiger partial charge in [-0.05, 0) is 17.4 Å². The second kappa shape index (κ2) is 2.69. The second-order valence-electron chi connectivity index (χ2n) is 4.60. The predicted molar refractivity (Wildman–Crippen MR) is 52.9 cm³/mol. The monoisotopic (exact) mass is 174 g/mol. The van der Waals surface area contributed by atoms with E-state index in [1.807, 2.05) is 18.2 Å². The molecule has 0 saturated carbocycles. The van der Waals surface area contributed by atoms with Crippen LogP contribution in [-0.2, 0) is 6.42 Å². The van der Waals surface area contributed by atoms with E-state index < -0.39 is 0 Å². The number of fused-ring (bicyclic) bond motifs is 1. The molecular formula is C12H14O. The Morgan fingerprint density at radius 1 is 1.15 bits per heavy atom. The number of Topliss-reactive ketones (excluding diaryl/α,β-unsaturated/α-hetero) is 1. The van der Waals surface area contributed by atoms with Gasteiger partial charge in [0.15, 0.2) is 5.78 Å². The first-order valence-corrected chi connectivity index (χ1v) is 4.70. The van der Waals surface area contributed by atoms with Gasteiger partial charge in [0.1, 0.15) is 0 Å². The highest BCUT2D eigenvalue weighted by atomic mass is 16.1. The molecule has 1 heteroatoms. The number of hydrogen-bond acceptors (Lipinski definition) is 1. The summed E-state index contributed by atoms with van der Waals surface area (Å²) >= 11 is 0. The third-order valence-electron chi connectivity index (χ3n) is 2.63. The molecular weight excluding hydrogens is 160 g/mol. The summed E-state index contributed by atoms with van der Waals surface area (Å²) in [5.74, 6) is 0.298. The molecule has 1 aliphatic carbocycles. The lowest BCUT2D eigenvalue weighted by molar-refractivity contribution is 0.0912. The molecule has 0 aromatic heterocycles. The van der Waals surface area contributed by atoms with E-state index in [4.69, 9.17) is 0 Å².